The number of aromatic nitrogens is 2. The number of carbonyl (C=O) groups is 1. The van der Waals surface area contributed by atoms with E-state index in [-0.39, 0.29) is 11.4 Å². The number of hydrogen-bond donors (Lipinski definition) is 2. The molecule has 2 rings (SSSR count). The lowest BCUT2D eigenvalue weighted by atomic mass is 10.2. The summed E-state index contributed by atoms with van der Waals surface area (Å²) >= 11 is 0. The van der Waals surface area contributed by atoms with E-state index in [1.165, 1.54) is 12.4 Å². The highest BCUT2D eigenvalue weighted by atomic mass is 16.1. The summed E-state index contributed by atoms with van der Waals surface area (Å²) < 4.78 is 0. The summed E-state index contributed by atoms with van der Waals surface area (Å²) in [5, 5.41) is 0. The van der Waals surface area contributed by atoms with Crippen molar-refractivity contribution in [3.05, 3.63) is 22.7 Å². The van der Waals surface area contributed by atoms with Gasteiger partial charge in [0.15, 0.2) is 5.82 Å². The van der Waals surface area contributed by atoms with Crippen molar-refractivity contribution in [3.63, 3.8) is 0 Å². The van der Waals surface area contributed by atoms with E-state index in [1.807, 2.05) is 0 Å². The SMILES string of the molecule is NC(=O)C1CCCN1c1ncc[nH]c1=O. The van der Waals surface area contributed by atoms with Crippen molar-refractivity contribution < 1.29 is 4.79 Å². The molecular formula is C9H12N4O2. The monoisotopic (exact) mass is 208 g/mol. The first kappa shape index (κ1) is 9.70. The van der Waals surface area contributed by atoms with Crippen LogP contribution < -0.4 is 16.2 Å². The summed E-state index contributed by atoms with van der Waals surface area (Å²) in [5.74, 6) is -0.128. The molecule has 0 aromatic carbocycles. The summed E-state index contributed by atoms with van der Waals surface area (Å²) in [4.78, 5) is 30.8. The lowest BCUT2D eigenvalue weighted by Gasteiger charge is -2.21. The third kappa shape index (κ3) is 1.70. The summed E-state index contributed by atoms with van der Waals surface area (Å²) in [5.41, 5.74) is 4.97. The smallest absolute Gasteiger partial charge is 0.290 e. The average Bonchev–Trinajstić information content (AvgIpc) is 2.67. The molecule has 1 aliphatic heterocycles. The van der Waals surface area contributed by atoms with Crippen molar-refractivity contribution in [3.8, 4) is 0 Å². The first-order chi connectivity index (χ1) is 7.20. The Morgan fingerprint density at radius 1 is 1.67 bits per heavy atom. The maximum Gasteiger partial charge on any atom is 0.290 e. The van der Waals surface area contributed by atoms with Gasteiger partial charge in [0, 0.05) is 18.9 Å². The second-order valence-electron chi connectivity index (χ2n) is 3.50. The zero-order valence-corrected chi connectivity index (χ0v) is 8.14. The van der Waals surface area contributed by atoms with Gasteiger partial charge in [0.05, 0.1) is 0 Å². The highest BCUT2D eigenvalue weighted by Gasteiger charge is 2.31. The van der Waals surface area contributed by atoms with Crippen molar-refractivity contribution in [2.45, 2.75) is 18.9 Å². The molecule has 80 valence electrons. The molecule has 2 heterocycles. The van der Waals surface area contributed by atoms with Crippen LogP contribution in [-0.4, -0.2) is 28.5 Å². The summed E-state index contributed by atoms with van der Waals surface area (Å²) in [6.45, 7) is 0.647. The van der Waals surface area contributed by atoms with Crippen molar-refractivity contribution in [2.75, 3.05) is 11.4 Å². The summed E-state index contributed by atoms with van der Waals surface area (Å²) in [6.07, 6.45) is 4.49. The van der Waals surface area contributed by atoms with Crippen LogP contribution >= 0.6 is 0 Å². The Morgan fingerprint density at radius 2 is 2.47 bits per heavy atom. The lowest BCUT2D eigenvalue weighted by molar-refractivity contribution is -0.119. The third-order valence-corrected chi connectivity index (χ3v) is 2.54. The molecule has 1 aliphatic rings. The minimum absolute atomic E-state index is 0.277. The van der Waals surface area contributed by atoms with Crippen LogP contribution in [0.3, 0.4) is 0 Å². The van der Waals surface area contributed by atoms with Gasteiger partial charge in [0.2, 0.25) is 5.91 Å². The molecule has 3 N–H and O–H groups in total. The van der Waals surface area contributed by atoms with Crippen LogP contribution in [0.25, 0.3) is 0 Å². The summed E-state index contributed by atoms with van der Waals surface area (Å²) in [7, 11) is 0. The van der Waals surface area contributed by atoms with E-state index >= 15 is 0 Å². The molecule has 0 spiro atoms. The van der Waals surface area contributed by atoms with Gasteiger partial charge in [-0.15, -0.1) is 0 Å². The number of carbonyl (C=O) groups excluding carboxylic acids is 1. The predicted molar refractivity (Wildman–Crippen MR) is 54.4 cm³/mol. The van der Waals surface area contributed by atoms with Crippen molar-refractivity contribution >= 4 is 11.7 Å². The number of hydrogen-bond acceptors (Lipinski definition) is 4. The van der Waals surface area contributed by atoms with Crippen LogP contribution in [0.2, 0.25) is 0 Å². The highest BCUT2D eigenvalue weighted by Crippen LogP contribution is 2.20. The van der Waals surface area contributed by atoms with E-state index in [4.69, 9.17) is 5.73 Å². The molecule has 1 aromatic heterocycles. The van der Waals surface area contributed by atoms with Crippen molar-refractivity contribution in [2.24, 2.45) is 5.73 Å². The van der Waals surface area contributed by atoms with Gasteiger partial charge < -0.3 is 15.6 Å². The fourth-order valence-electron chi connectivity index (χ4n) is 1.86. The van der Waals surface area contributed by atoms with E-state index in [9.17, 15) is 9.59 Å². The molecule has 1 atom stereocenters. The summed E-state index contributed by atoms with van der Waals surface area (Å²) in [6, 6.07) is -0.402. The fraction of sp³-hybridized carbons (Fsp3) is 0.444. The van der Waals surface area contributed by atoms with Crippen LogP contribution in [0.15, 0.2) is 17.2 Å². The Hall–Kier alpha value is -1.85. The maximum atomic E-state index is 11.5. The number of nitrogens with two attached hydrogens (primary N) is 1. The van der Waals surface area contributed by atoms with Crippen LogP contribution in [-0.2, 0) is 4.79 Å². The predicted octanol–water partition coefficient (Wildman–Crippen LogP) is -0.776. The average molecular weight is 208 g/mol. The van der Waals surface area contributed by atoms with E-state index < -0.39 is 11.9 Å². The maximum absolute atomic E-state index is 11.5. The van der Waals surface area contributed by atoms with Crippen LogP contribution in [0.1, 0.15) is 12.8 Å². The van der Waals surface area contributed by atoms with E-state index in [0.717, 1.165) is 6.42 Å². The van der Waals surface area contributed by atoms with Gasteiger partial charge in [0.25, 0.3) is 5.56 Å². The molecule has 1 fully saturated rings. The van der Waals surface area contributed by atoms with Gasteiger partial charge in [-0.25, -0.2) is 4.98 Å². The number of primary amides is 1. The van der Waals surface area contributed by atoms with Crippen LogP contribution in [0.4, 0.5) is 5.82 Å². The standard InChI is InChI=1S/C9H12N4O2/c10-7(14)6-2-1-5-13(6)8-9(15)12-4-3-11-8/h3-4,6H,1-2,5H2,(H2,10,14)(H,12,15). The van der Waals surface area contributed by atoms with Gasteiger partial charge in [-0.05, 0) is 12.8 Å². The molecule has 0 saturated carbocycles. The van der Waals surface area contributed by atoms with Gasteiger partial charge in [-0.1, -0.05) is 0 Å². The normalized spacial score (nSPS) is 20.5. The number of nitrogens with one attached hydrogen (secondary N) is 1. The topological polar surface area (TPSA) is 92.1 Å². The molecule has 1 unspecified atom stereocenters. The van der Waals surface area contributed by atoms with Crippen molar-refractivity contribution in [1.82, 2.24) is 9.97 Å². The Kier molecular flexibility index (Phi) is 2.40. The van der Waals surface area contributed by atoms with Gasteiger partial charge >= 0.3 is 0 Å². The molecule has 1 saturated heterocycles. The number of anilines is 1. The van der Waals surface area contributed by atoms with E-state index in [0.29, 0.717) is 13.0 Å². The van der Waals surface area contributed by atoms with Crippen LogP contribution in [0.5, 0.6) is 0 Å². The first-order valence-electron chi connectivity index (χ1n) is 4.80. The molecule has 0 aliphatic carbocycles. The number of aromatic amines is 1. The second-order valence-corrected chi connectivity index (χ2v) is 3.50. The quantitative estimate of drug-likeness (QED) is 0.667. The zero-order chi connectivity index (χ0) is 10.8. The van der Waals surface area contributed by atoms with Gasteiger partial charge in [-0.2, -0.15) is 0 Å². The molecule has 15 heavy (non-hydrogen) atoms. The zero-order valence-electron chi connectivity index (χ0n) is 8.14. The molecular weight excluding hydrogens is 196 g/mol. The van der Waals surface area contributed by atoms with Crippen LogP contribution in [0, 0.1) is 0 Å². The number of rotatable bonds is 2. The lowest BCUT2D eigenvalue weighted by Crippen LogP contribution is -2.43. The Balaban J connectivity index is 2.35. The molecule has 1 amide bonds. The fourth-order valence-corrected chi connectivity index (χ4v) is 1.86. The minimum atomic E-state index is -0.405. The van der Waals surface area contributed by atoms with Gasteiger partial charge in [-0.3, -0.25) is 9.59 Å². The molecule has 0 radical (unpaired) electrons. The Labute approximate surface area is 86.1 Å². The first-order valence-corrected chi connectivity index (χ1v) is 4.80. The van der Waals surface area contributed by atoms with E-state index in [2.05, 4.69) is 9.97 Å². The molecule has 6 heteroatoms. The number of amides is 1. The molecule has 6 nitrogen and oxygen atoms in total. The Bertz CT molecular complexity index is 428. The largest absolute Gasteiger partial charge is 0.368 e. The minimum Gasteiger partial charge on any atom is -0.368 e. The van der Waals surface area contributed by atoms with Crippen molar-refractivity contribution in [1.29, 1.82) is 0 Å². The molecule has 1 aromatic rings. The second kappa shape index (κ2) is 3.72. The van der Waals surface area contributed by atoms with Gasteiger partial charge in [0.1, 0.15) is 6.04 Å². The molecule has 0 bridgehead atoms. The Morgan fingerprint density at radius 3 is 3.13 bits per heavy atom. The number of nitrogens with zero attached hydrogens (tertiary/aromatic N) is 2. The third-order valence-electron chi connectivity index (χ3n) is 2.54. The van der Waals surface area contributed by atoms with E-state index in [1.54, 1.807) is 4.90 Å². The highest BCUT2D eigenvalue weighted by molar-refractivity contribution is 5.83. The number of H-pyrrole nitrogens is 1.